The predicted molar refractivity (Wildman–Crippen MR) is 88.0 cm³/mol. The van der Waals surface area contributed by atoms with Gasteiger partial charge in [-0.25, -0.2) is 4.98 Å². The lowest BCUT2D eigenvalue weighted by Gasteiger charge is -2.42. The van der Waals surface area contributed by atoms with Gasteiger partial charge in [-0.2, -0.15) is 0 Å². The number of hydrogen-bond donors (Lipinski definition) is 0. The summed E-state index contributed by atoms with van der Waals surface area (Å²) in [5, 5.41) is 0.637. The van der Waals surface area contributed by atoms with Crippen molar-refractivity contribution in [2.24, 2.45) is 5.41 Å². The van der Waals surface area contributed by atoms with Crippen LogP contribution in [0, 0.1) is 5.41 Å². The molecule has 0 unspecified atom stereocenters. The van der Waals surface area contributed by atoms with Crippen molar-refractivity contribution in [3.05, 3.63) is 23.4 Å². The Balaban J connectivity index is 2.12. The number of pyridine rings is 1. The maximum Gasteiger partial charge on any atom is 0.213 e. The van der Waals surface area contributed by atoms with E-state index in [-0.39, 0.29) is 17.1 Å². The second-order valence-corrected chi connectivity index (χ2v) is 8.43. The van der Waals surface area contributed by atoms with Crippen molar-refractivity contribution < 1.29 is 4.74 Å². The van der Waals surface area contributed by atoms with Gasteiger partial charge in [-0.3, -0.25) is 4.90 Å². The topological polar surface area (TPSA) is 25.4 Å². The van der Waals surface area contributed by atoms with Gasteiger partial charge in [0.1, 0.15) is 6.10 Å². The van der Waals surface area contributed by atoms with Crippen molar-refractivity contribution in [3.8, 4) is 5.88 Å². The van der Waals surface area contributed by atoms with Crippen LogP contribution in [0.15, 0.2) is 18.3 Å². The van der Waals surface area contributed by atoms with Crippen molar-refractivity contribution in [1.82, 2.24) is 9.88 Å². The molecule has 0 bridgehead atoms. The van der Waals surface area contributed by atoms with Gasteiger partial charge in [0.15, 0.2) is 0 Å². The summed E-state index contributed by atoms with van der Waals surface area (Å²) in [7, 11) is 0. The van der Waals surface area contributed by atoms with Gasteiger partial charge in [0, 0.05) is 36.8 Å². The molecule has 1 aromatic rings. The average molecular weight is 311 g/mol. The average Bonchev–Trinajstić information content (AvgIpc) is 2.76. The van der Waals surface area contributed by atoms with Crippen LogP contribution >= 0.6 is 11.6 Å². The van der Waals surface area contributed by atoms with Crippen LogP contribution in [0.4, 0.5) is 0 Å². The Morgan fingerprint density at radius 3 is 2.29 bits per heavy atom. The molecule has 0 aliphatic carbocycles. The van der Waals surface area contributed by atoms with Crippen molar-refractivity contribution in [1.29, 1.82) is 0 Å². The van der Waals surface area contributed by atoms with Crippen LogP contribution in [0.2, 0.25) is 5.02 Å². The molecule has 0 N–H and O–H groups in total. The zero-order valence-corrected chi connectivity index (χ0v) is 14.7. The first-order valence-corrected chi connectivity index (χ1v) is 8.00. The molecule has 4 heteroatoms. The molecule has 2 heterocycles. The first-order chi connectivity index (χ1) is 9.57. The maximum atomic E-state index is 6.07. The Kier molecular flexibility index (Phi) is 4.55. The minimum absolute atomic E-state index is 0.142. The normalized spacial score (nSPS) is 24.3. The second-order valence-electron chi connectivity index (χ2n) is 8.00. The molecular formula is C17H27ClN2O. The summed E-state index contributed by atoms with van der Waals surface area (Å²) in [6, 6.07) is 4.17. The van der Waals surface area contributed by atoms with E-state index in [0.29, 0.717) is 16.9 Å². The molecule has 21 heavy (non-hydrogen) atoms. The summed E-state index contributed by atoms with van der Waals surface area (Å²) in [5.41, 5.74) is 0.377. The Hall–Kier alpha value is -0.800. The molecule has 118 valence electrons. The highest BCUT2D eigenvalue weighted by molar-refractivity contribution is 6.30. The summed E-state index contributed by atoms with van der Waals surface area (Å²) in [6.07, 6.45) is 2.85. The first kappa shape index (κ1) is 16.6. The van der Waals surface area contributed by atoms with Gasteiger partial charge in [-0.1, -0.05) is 32.4 Å². The summed E-state index contributed by atoms with van der Waals surface area (Å²) < 4.78 is 6.07. The summed E-state index contributed by atoms with van der Waals surface area (Å²) in [6.45, 7) is 14.7. The minimum atomic E-state index is 0.142. The van der Waals surface area contributed by atoms with Gasteiger partial charge < -0.3 is 4.74 Å². The van der Waals surface area contributed by atoms with Crippen LogP contribution in [0.1, 0.15) is 48.0 Å². The summed E-state index contributed by atoms with van der Waals surface area (Å²) in [5.74, 6) is 0.660. The van der Waals surface area contributed by atoms with Gasteiger partial charge in [0.25, 0.3) is 0 Å². The quantitative estimate of drug-likeness (QED) is 0.809. The number of ether oxygens (including phenoxy) is 1. The van der Waals surface area contributed by atoms with E-state index in [1.165, 1.54) is 0 Å². The SMILES string of the molecule is CC(C)(C)[C@@H]1C[C@@H](Oc2ccc(Cl)cn2)CN1C(C)(C)C. The fourth-order valence-corrected chi connectivity index (χ4v) is 3.16. The largest absolute Gasteiger partial charge is 0.473 e. The van der Waals surface area contributed by atoms with Crippen LogP contribution in [0.25, 0.3) is 0 Å². The van der Waals surface area contributed by atoms with Crippen LogP contribution in [-0.4, -0.2) is 34.1 Å². The number of aromatic nitrogens is 1. The molecule has 0 aromatic carbocycles. The van der Waals surface area contributed by atoms with E-state index in [9.17, 15) is 0 Å². The summed E-state index contributed by atoms with van der Waals surface area (Å²) in [4.78, 5) is 6.81. The Labute approximate surface area is 133 Å². The lowest BCUT2D eigenvalue weighted by atomic mass is 9.83. The number of likely N-dealkylation sites (tertiary alicyclic amines) is 1. The van der Waals surface area contributed by atoms with Crippen molar-refractivity contribution in [2.45, 2.75) is 65.6 Å². The highest BCUT2D eigenvalue weighted by Gasteiger charge is 2.44. The van der Waals surface area contributed by atoms with E-state index in [1.54, 1.807) is 6.20 Å². The van der Waals surface area contributed by atoms with Crippen molar-refractivity contribution >= 4 is 11.6 Å². The molecule has 1 aliphatic heterocycles. The zero-order valence-electron chi connectivity index (χ0n) is 14.0. The van der Waals surface area contributed by atoms with Crippen LogP contribution < -0.4 is 4.74 Å². The molecule has 1 aliphatic rings. The standard InChI is InChI=1S/C17H27ClN2O/c1-16(2,3)14-9-13(11-20(14)17(4,5)6)21-15-8-7-12(18)10-19-15/h7-8,10,13-14H,9,11H2,1-6H3/t13-,14+/m1/s1. The fraction of sp³-hybridized carbons (Fsp3) is 0.706. The number of nitrogens with zero attached hydrogens (tertiary/aromatic N) is 2. The molecule has 1 saturated heterocycles. The van der Waals surface area contributed by atoms with Crippen LogP contribution in [0.3, 0.4) is 0 Å². The van der Waals surface area contributed by atoms with E-state index >= 15 is 0 Å². The molecule has 0 spiro atoms. The van der Waals surface area contributed by atoms with Crippen LogP contribution in [-0.2, 0) is 0 Å². The van der Waals surface area contributed by atoms with Crippen molar-refractivity contribution in [3.63, 3.8) is 0 Å². The molecule has 0 saturated carbocycles. The molecule has 0 radical (unpaired) electrons. The van der Waals surface area contributed by atoms with Gasteiger partial charge in [-0.05, 0) is 32.3 Å². The predicted octanol–water partition coefficient (Wildman–Crippen LogP) is 4.40. The number of hydrogen-bond acceptors (Lipinski definition) is 3. The smallest absolute Gasteiger partial charge is 0.213 e. The molecule has 2 rings (SSSR count). The van der Waals surface area contributed by atoms with E-state index in [1.807, 2.05) is 12.1 Å². The van der Waals surface area contributed by atoms with Gasteiger partial charge in [0.2, 0.25) is 5.88 Å². The third kappa shape index (κ3) is 4.10. The molecular weight excluding hydrogens is 284 g/mol. The lowest BCUT2D eigenvalue weighted by molar-refractivity contribution is 0.0557. The van der Waals surface area contributed by atoms with Crippen molar-refractivity contribution in [2.75, 3.05) is 6.54 Å². The highest BCUT2D eigenvalue weighted by atomic mass is 35.5. The Morgan fingerprint density at radius 1 is 1.19 bits per heavy atom. The van der Waals surface area contributed by atoms with Gasteiger partial charge in [-0.15, -0.1) is 0 Å². The van der Waals surface area contributed by atoms with Crippen LogP contribution in [0.5, 0.6) is 5.88 Å². The Bertz CT molecular complexity index is 451. The van der Waals surface area contributed by atoms with Gasteiger partial charge >= 0.3 is 0 Å². The number of rotatable bonds is 2. The maximum absolute atomic E-state index is 6.07. The number of halogens is 1. The van der Waals surface area contributed by atoms with E-state index in [2.05, 4.69) is 51.4 Å². The molecule has 2 atom stereocenters. The first-order valence-electron chi connectivity index (χ1n) is 7.62. The third-order valence-corrected chi connectivity index (χ3v) is 4.34. The minimum Gasteiger partial charge on any atom is -0.473 e. The van der Waals surface area contributed by atoms with Gasteiger partial charge in [0.05, 0.1) is 5.02 Å². The second kappa shape index (κ2) is 5.77. The van der Waals surface area contributed by atoms with E-state index < -0.39 is 0 Å². The zero-order chi connectivity index (χ0) is 15.8. The highest BCUT2D eigenvalue weighted by Crippen LogP contribution is 2.38. The molecule has 0 amide bonds. The third-order valence-electron chi connectivity index (χ3n) is 4.11. The van der Waals surface area contributed by atoms with E-state index in [4.69, 9.17) is 16.3 Å². The lowest BCUT2D eigenvalue weighted by Crippen LogP contribution is -2.49. The Morgan fingerprint density at radius 2 is 1.86 bits per heavy atom. The fourth-order valence-electron chi connectivity index (χ4n) is 3.05. The van der Waals surface area contributed by atoms with E-state index in [0.717, 1.165) is 13.0 Å². The molecule has 1 fully saturated rings. The molecule has 1 aromatic heterocycles. The summed E-state index contributed by atoms with van der Waals surface area (Å²) >= 11 is 5.87. The molecule has 3 nitrogen and oxygen atoms in total. The monoisotopic (exact) mass is 310 g/mol.